The monoisotopic (exact) mass is 325 g/mol. The molecule has 0 saturated carbocycles. The van der Waals surface area contributed by atoms with Crippen LogP contribution in [-0.2, 0) is 20.7 Å². The first-order valence-corrected chi connectivity index (χ1v) is 6.56. The molecule has 102 valence electrons. The number of carbonyl (C=O) groups excluding carboxylic acids is 2. The minimum Gasteiger partial charge on any atom is -0.467 e. The van der Waals surface area contributed by atoms with Crippen LogP contribution in [0.5, 0.6) is 0 Å². The van der Waals surface area contributed by atoms with Crippen molar-refractivity contribution in [2.75, 3.05) is 7.11 Å². The van der Waals surface area contributed by atoms with E-state index in [1.165, 1.54) is 7.11 Å². The summed E-state index contributed by atoms with van der Waals surface area (Å²) in [5.41, 5.74) is 0.890. The van der Waals surface area contributed by atoms with Crippen molar-refractivity contribution >= 4 is 27.8 Å². The summed E-state index contributed by atoms with van der Waals surface area (Å²) in [5.74, 6) is -0.711. The van der Waals surface area contributed by atoms with Crippen molar-refractivity contribution in [1.29, 1.82) is 0 Å². The Bertz CT molecular complexity index is 459. The van der Waals surface area contributed by atoms with Crippen LogP contribution in [0, 0.1) is 0 Å². The van der Waals surface area contributed by atoms with Crippen LogP contribution in [0.15, 0.2) is 41.4 Å². The second-order valence-corrected chi connectivity index (χ2v) is 5.15. The van der Waals surface area contributed by atoms with Gasteiger partial charge in [0, 0.05) is 6.42 Å². The van der Waals surface area contributed by atoms with Gasteiger partial charge >= 0.3 is 5.97 Å². The minimum atomic E-state index is -0.715. The molecule has 0 aliphatic rings. The lowest BCUT2D eigenvalue weighted by atomic mass is 10.1. The number of esters is 1. The lowest BCUT2D eigenvalue weighted by Crippen LogP contribution is -2.42. The van der Waals surface area contributed by atoms with Gasteiger partial charge in [0.1, 0.15) is 6.04 Å². The Labute approximate surface area is 121 Å². The molecule has 0 aliphatic heterocycles. The van der Waals surface area contributed by atoms with Gasteiger partial charge in [0.2, 0.25) is 5.91 Å². The fourth-order valence-corrected chi connectivity index (χ4v) is 1.91. The summed E-state index contributed by atoms with van der Waals surface area (Å²) in [6.45, 7) is 3.66. The molecule has 0 fully saturated rings. The van der Waals surface area contributed by atoms with Crippen LogP contribution < -0.4 is 5.32 Å². The highest BCUT2D eigenvalue weighted by molar-refractivity contribution is 9.11. The fraction of sp³-hybridized carbons (Fsp3) is 0.286. The lowest BCUT2D eigenvalue weighted by Gasteiger charge is -2.16. The summed E-state index contributed by atoms with van der Waals surface area (Å²) >= 11 is 3.18. The van der Waals surface area contributed by atoms with Crippen LogP contribution in [-0.4, -0.2) is 25.0 Å². The van der Waals surface area contributed by atoms with Crippen molar-refractivity contribution in [1.82, 2.24) is 5.32 Å². The number of benzene rings is 1. The first-order chi connectivity index (χ1) is 9.02. The van der Waals surface area contributed by atoms with Crippen LogP contribution in [0.1, 0.15) is 12.0 Å². The van der Waals surface area contributed by atoms with Crippen molar-refractivity contribution in [3.05, 3.63) is 47.0 Å². The predicted molar refractivity (Wildman–Crippen MR) is 76.8 cm³/mol. The van der Waals surface area contributed by atoms with Crippen molar-refractivity contribution in [2.24, 2.45) is 0 Å². The Morgan fingerprint density at radius 1 is 1.37 bits per heavy atom. The van der Waals surface area contributed by atoms with Gasteiger partial charge in [-0.05, 0) is 10.0 Å². The SMILES string of the molecule is C=C(Br)C[C@@H](NC(=O)Cc1ccccc1)C(=O)OC. The molecular weight excluding hydrogens is 310 g/mol. The van der Waals surface area contributed by atoms with Gasteiger partial charge in [0.25, 0.3) is 0 Å². The Morgan fingerprint density at radius 3 is 2.53 bits per heavy atom. The second kappa shape index (κ2) is 7.74. The Morgan fingerprint density at radius 2 is 2.00 bits per heavy atom. The molecule has 1 rings (SSSR count). The van der Waals surface area contributed by atoms with Gasteiger partial charge in [0.05, 0.1) is 13.5 Å². The molecule has 0 radical (unpaired) electrons. The molecule has 0 aliphatic carbocycles. The molecule has 0 aromatic heterocycles. The maximum Gasteiger partial charge on any atom is 0.328 e. The quantitative estimate of drug-likeness (QED) is 0.816. The first kappa shape index (κ1) is 15.4. The van der Waals surface area contributed by atoms with Crippen molar-refractivity contribution in [3.63, 3.8) is 0 Å². The molecule has 0 bridgehead atoms. The summed E-state index contributed by atoms with van der Waals surface area (Å²) in [6, 6.07) is 8.61. The summed E-state index contributed by atoms with van der Waals surface area (Å²) < 4.78 is 5.28. The maximum absolute atomic E-state index is 11.9. The van der Waals surface area contributed by atoms with Gasteiger partial charge in [-0.3, -0.25) is 4.79 Å². The molecule has 1 amide bonds. The molecule has 0 heterocycles. The van der Waals surface area contributed by atoms with Gasteiger partial charge in [0.15, 0.2) is 0 Å². The highest BCUT2D eigenvalue weighted by Gasteiger charge is 2.21. The van der Waals surface area contributed by atoms with Crippen LogP contribution in [0.4, 0.5) is 0 Å². The smallest absolute Gasteiger partial charge is 0.328 e. The Hall–Kier alpha value is -1.62. The molecule has 4 nitrogen and oxygen atoms in total. The highest BCUT2D eigenvalue weighted by Crippen LogP contribution is 2.11. The summed E-state index contributed by atoms with van der Waals surface area (Å²) in [6.07, 6.45) is 0.524. The van der Waals surface area contributed by atoms with Crippen LogP contribution in [0.25, 0.3) is 0 Å². The zero-order valence-electron chi connectivity index (χ0n) is 10.7. The number of ether oxygens (including phenoxy) is 1. The summed E-state index contributed by atoms with van der Waals surface area (Å²) in [4.78, 5) is 23.4. The number of amides is 1. The average molecular weight is 326 g/mol. The number of methoxy groups -OCH3 is 1. The van der Waals surface area contributed by atoms with Crippen molar-refractivity contribution in [2.45, 2.75) is 18.9 Å². The van der Waals surface area contributed by atoms with Gasteiger partial charge in [-0.25, -0.2) is 4.79 Å². The largest absolute Gasteiger partial charge is 0.467 e. The van der Waals surface area contributed by atoms with Gasteiger partial charge in [-0.2, -0.15) is 0 Å². The topological polar surface area (TPSA) is 55.4 Å². The average Bonchev–Trinajstić information content (AvgIpc) is 2.37. The van der Waals surface area contributed by atoms with E-state index in [4.69, 9.17) is 0 Å². The number of carbonyl (C=O) groups is 2. The maximum atomic E-state index is 11.9. The van der Waals surface area contributed by atoms with E-state index in [-0.39, 0.29) is 12.3 Å². The standard InChI is InChI=1S/C14H16BrNO3/c1-10(15)8-12(14(18)19-2)16-13(17)9-11-6-4-3-5-7-11/h3-7,12H,1,8-9H2,2H3,(H,16,17)/t12-/m1/s1. The third-order valence-corrected chi connectivity index (χ3v) is 2.78. The van der Waals surface area contributed by atoms with Crippen molar-refractivity contribution in [3.8, 4) is 0 Å². The first-order valence-electron chi connectivity index (χ1n) is 5.77. The third-order valence-electron chi connectivity index (χ3n) is 2.45. The van der Waals surface area contributed by atoms with Crippen LogP contribution in [0.2, 0.25) is 0 Å². The van der Waals surface area contributed by atoms with E-state index < -0.39 is 12.0 Å². The van der Waals surface area contributed by atoms with Gasteiger partial charge in [-0.1, -0.05) is 52.8 Å². The number of halogens is 1. The predicted octanol–water partition coefficient (Wildman–Crippen LogP) is 2.19. The normalized spacial score (nSPS) is 11.5. The van der Waals surface area contributed by atoms with Gasteiger partial charge < -0.3 is 10.1 Å². The number of rotatable bonds is 6. The number of nitrogens with one attached hydrogen (secondary N) is 1. The van der Waals surface area contributed by atoms with Gasteiger partial charge in [-0.15, -0.1) is 0 Å². The molecule has 5 heteroatoms. The zero-order valence-corrected chi connectivity index (χ0v) is 12.3. The Balaban J connectivity index is 2.61. The van der Waals surface area contributed by atoms with E-state index in [0.717, 1.165) is 5.56 Å². The molecule has 0 saturated heterocycles. The summed E-state index contributed by atoms with van der Waals surface area (Å²) in [5, 5.41) is 2.64. The molecule has 19 heavy (non-hydrogen) atoms. The zero-order chi connectivity index (χ0) is 14.3. The highest BCUT2D eigenvalue weighted by atomic mass is 79.9. The van der Waals surface area contributed by atoms with E-state index >= 15 is 0 Å². The van der Waals surface area contributed by atoms with E-state index in [1.54, 1.807) is 0 Å². The lowest BCUT2D eigenvalue weighted by molar-refractivity contribution is -0.144. The molecule has 0 spiro atoms. The van der Waals surface area contributed by atoms with Crippen LogP contribution in [0.3, 0.4) is 0 Å². The number of hydrogen-bond donors (Lipinski definition) is 1. The molecule has 1 N–H and O–H groups in total. The van der Waals surface area contributed by atoms with E-state index in [0.29, 0.717) is 10.9 Å². The third kappa shape index (κ3) is 5.70. The van der Waals surface area contributed by atoms with E-state index in [9.17, 15) is 9.59 Å². The molecule has 1 aromatic rings. The minimum absolute atomic E-state index is 0.225. The van der Waals surface area contributed by atoms with Crippen LogP contribution >= 0.6 is 15.9 Å². The van der Waals surface area contributed by atoms with E-state index in [1.807, 2.05) is 30.3 Å². The molecule has 1 aromatic carbocycles. The van der Waals surface area contributed by atoms with Crippen molar-refractivity contribution < 1.29 is 14.3 Å². The number of hydrogen-bond acceptors (Lipinski definition) is 3. The fourth-order valence-electron chi connectivity index (χ4n) is 1.58. The molecular formula is C14H16BrNO3. The summed E-state index contributed by atoms with van der Waals surface area (Å²) in [7, 11) is 1.29. The molecule has 0 unspecified atom stereocenters. The molecule has 1 atom stereocenters. The van der Waals surface area contributed by atoms with E-state index in [2.05, 4.69) is 32.6 Å². The Kier molecular flexibility index (Phi) is 6.29. The second-order valence-electron chi connectivity index (χ2n) is 4.03.